The van der Waals surface area contributed by atoms with Crippen LogP contribution < -0.4 is 5.56 Å². The third kappa shape index (κ3) is 2.86. The largest absolute Gasteiger partial charge is 0.287 e. The Hall–Kier alpha value is -0.910. The maximum absolute atomic E-state index is 11.7. The van der Waals surface area contributed by atoms with Gasteiger partial charge in [-0.1, -0.05) is 23.2 Å². The number of hydrogen-bond donors (Lipinski definition) is 0. The monoisotopic (exact) mass is 333 g/mol. The number of aromatic nitrogens is 3. The van der Waals surface area contributed by atoms with Crippen molar-refractivity contribution in [1.82, 2.24) is 14.8 Å². The van der Waals surface area contributed by atoms with Gasteiger partial charge in [0.2, 0.25) is 0 Å². The van der Waals surface area contributed by atoms with Crippen molar-refractivity contribution in [3.05, 3.63) is 55.1 Å². The summed E-state index contributed by atoms with van der Waals surface area (Å²) in [6, 6.07) is 1.85. The molecule has 2 aromatic rings. The minimum absolute atomic E-state index is 0.0235. The van der Waals surface area contributed by atoms with E-state index in [0.717, 1.165) is 10.0 Å². The zero-order chi connectivity index (χ0) is 12.4. The fourth-order valence-electron chi connectivity index (χ4n) is 1.27. The first-order valence-electron chi connectivity index (χ1n) is 4.58. The Morgan fingerprint density at radius 3 is 2.76 bits per heavy atom. The van der Waals surface area contributed by atoms with Crippen molar-refractivity contribution < 1.29 is 0 Å². The van der Waals surface area contributed by atoms with Gasteiger partial charge in [0.1, 0.15) is 5.02 Å². The Kier molecular flexibility index (Phi) is 3.81. The van der Waals surface area contributed by atoms with Crippen molar-refractivity contribution in [1.29, 1.82) is 0 Å². The minimum atomic E-state index is -0.417. The van der Waals surface area contributed by atoms with Gasteiger partial charge in [0, 0.05) is 16.9 Å². The molecule has 0 atom stereocenters. The lowest BCUT2D eigenvalue weighted by molar-refractivity contribution is 0.637. The second kappa shape index (κ2) is 5.16. The van der Waals surface area contributed by atoms with E-state index in [0.29, 0.717) is 6.54 Å². The highest BCUT2D eigenvalue weighted by Gasteiger charge is 2.07. The van der Waals surface area contributed by atoms with Gasteiger partial charge >= 0.3 is 0 Å². The van der Waals surface area contributed by atoms with E-state index in [2.05, 4.69) is 26.0 Å². The molecule has 7 heteroatoms. The van der Waals surface area contributed by atoms with E-state index in [1.807, 2.05) is 6.07 Å². The highest BCUT2D eigenvalue weighted by molar-refractivity contribution is 9.10. The third-order valence-corrected chi connectivity index (χ3v) is 3.22. The molecule has 17 heavy (non-hydrogen) atoms. The maximum Gasteiger partial charge on any atom is 0.287 e. The Morgan fingerprint density at radius 1 is 1.29 bits per heavy atom. The fourth-order valence-corrected chi connectivity index (χ4v) is 1.96. The van der Waals surface area contributed by atoms with Gasteiger partial charge in [-0.25, -0.2) is 4.68 Å². The third-order valence-electron chi connectivity index (χ3n) is 2.04. The molecule has 2 rings (SSSR count). The van der Waals surface area contributed by atoms with Gasteiger partial charge in [-0.15, -0.1) is 0 Å². The summed E-state index contributed by atoms with van der Waals surface area (Å²) in [5, 5.41) is 4.04. The number of nitrogens with zero attached hydrogens (tertiary/aromatic N) is 3. The van der Waals surface area contributed by atoms with Crippen molar-refractivity contribution in [2.75, 3.05) is 0 Å². The van der Waals surface area contributed by atoms with E-state index >= 15 is 0 Å². The first-order chi connectivity index (χ1) is 8.08. The molecule has 88 valence electrons. The predicted molar refractivity (Wildman–Crippen MR) is 69.6 cm³/mol. The van der Waals surface area contributed by atoms with Gasteiger partial charge < -0.3 is 0 Å². The summed E-state index contributed by atoms with van der Waals surface area (Å²) in [6.45, 7) is 0.294. The second-order valence-corrected chi connectivity index (χ2v) is 4.98. The quantitative estimate of drug-likeness (QED) is 0.848. The molecule has 0 aliphatic carbocycles. The van der Waals surface area contributed by atoms with Crippen LogP contribution in [0.3, 0.4) is 0 Å². The van der Waals surface area contributed by atoms with Gasteiger partial charge in [0.25, 0.3) is 5.56 Å². The van der Waals surface area contributed by atoms with Crippen molar-refractivity contribution in [2.45, 2.75) is 6.54 Å². The summed E-state index contributed by atoms with van der Waals surface area (Å²) in [7, 11) is 0. The van der Waals surface area contributed by atoms with Crippen molar-refractivity contribution >= 4 is 39.1 Å². The molecule has 0 spiro atoms. The zero-order valence-corrected chi connectivity index (χ0v) is 11.5. The molecule has 0 amide bonds. The van der Waals surface area contributed by atoms with Crippen molar-refractivity contribution in [3.8, 4) is 0 Å². The summed E-state index contributed by atoms with van der Waals surface area (Å²) in [6.07, 6.45) is 4.66. The molecule has 2 heterocycles. The SMILES string of the molecule is O=c1c(Cl)c(Cl)cnn1Cc1cncc(Br)c1. The molecule has 0 fully saturated rings. The number of hydrogen-bond acceptors (Lipinski definition) is 3. The molecular weight excluding hydrogens is 329 g/mol. The van der Waals surface area contributed by atoms with E-state index in [1.165, 1.54) is 10.9 Å². The Bertz CT molecular complexity index is 615. The standard InChI is InChI=1S/C10H6BrCl2N3O/c11-7-1-6(2-14-3-7)5-16-10(17)9(13)8(12)4-15-16/h1-4H,5H2. The molecular formula is C10H6BrCl2N3O. The first-order valence-corrected chi connectivity index (χ1v) is 6.13. The smallest absolute Gasteiger partial charge is 0.266 e. The van der Waals surface area contributed by atoms with Crippen molar-refractivity contribution in [2.24, 2.45) is 0 Å². The summed E-state index contributed by atoms with van der Waals surface area (Å²) in [5.41, 5.74) is 0.423. The molecule has 0 unspecified atom stereocenters. The predicted octanol–water partition coefficient (Wildman–Crippen LogP) is 2.76. The van der Waals surface area contributed by atoms with Crippen LogP contribution in [-0.2, 0) is 6.54 Å². The summed E-state index contributed by atoms with van der Waals surface area (Å²) in [5.74, 6) is 0. The van der Waals surface area contributed by atoms with Gasteiger partial charge in [-0.3, -0.25) is 9.78 Å². The number of pyridine rings is 1. The molecule has 2 aromatic heterocycles. The van der Waals surface area contributed by atoms with Crippen molar-refractivity contribution in [3.63, 3.8) is 0 Å². The minimum Gasteiger partial charge on any atom is -0.266 e. The van der Waals surface area contributed by atoms with Crippen LogP contribution in [0.25, 0.3) is 0 Å². The molecule has 0 N–H and O–H groups in total. The van der Waals surface area contributed by atoms with Crippen LogP contribution in [0.5, 0.6) is 0 Å². The lowest BCUT2D eigenvalue weighted by Crippen LogP contribution is -2.23. The molecule has 0 aliphatic heterocycles. The van der Waals surface area contributed by atoms with E-state index in [-0.39, 0.29) is 10.0 Å². The molecule has 0 aliphatic rings. The lowest BCUT2D eigenvalue weighted by Gasteiger charge is -2.05. The zero-order valence-electron chi connectivity index (χ0n) is 8.40. The van der Waals surface area contributed by atoms with Crippen LogP contribution in [0, 0.1) is 0 Å². The van der Waals surface area contributed by atoms with Crippen LogP contribution in [-0.4, -0.2) is 14.8 Å². The number of halogens is 3. The fraction of sp³-hybridized carbons (Fsp3) is 0.100. The molecule has 0 radical (unpaired) electrons. The first kappa shape index (κ1) is 12.5. The van der Waals surface area contributed by atoms with E-state index < -0.39 is 5.56 Å². The summed E-state index contributed by atoms with van der Waals surface area (Å²) in [4.78, 5) is 15.7. The van der Waals surface area contributed by atoms with Crippen LogP contribution in [0.1, 0.15) is 5.56 Å². The van der Waals surface area contributed by atoms with Crippen LogP contribution in [0.2, 0.25) is 10.0 Å². The average molecular weight is 335 g/mol. The van der Waals surface area contributed by atoms with Crippen LogP contribution >= 0.6 is 39.1 Å². The lowest BCUT2D eigenvalue weighted by atomic mass is 10.3. The topological polar surface area (TPSA) is 47.8 Å². The highest BCUT2D eigenvalue weighted by atomic mass is 79.9. The van der Waals surface area contributed by atoms with Crippen LogP contribution in [0.4, 0.5) is 0 Å². The molecule has 4 nitrogen and oxygen atoms in total. The van der Waals surface area contributed by atoms with Gasteiger partial charge in [-0.05, 0) is 27.6 Å². The average Bonchev–Trinajstić information content (AvgIpc) is 2.30. The van der Waals surface area contributed by atoms with Gasteiger partial charge in [0.05, 0.1) is 17.8 Å². The Balaban J connectivity index is 2.37. The molecule has 0 aromatic carbocycles. The number of rotatable bonds is 2. The summed E-state index contributed by atoms with van der Waals surface area (Å²) < 4.78 is 2.07. The summed E-state index contributed by atoms with van der Waals surface area (Å²) >= 11 is 14.7. The highest BCUT2D eigenvalue weighted by Crippen LogP contribution is 2.15. The normalized spacial score (nSPS) is 10.5. The Labute approximate surface area is 115 Å². The van der Waals surface area contributed by atoms with Crippen LogP contribution in [0.15, 0.2) is 33.9 Å². The van der Waals surface area contributed by atoms with E-state index in [4.69, 9.17) is 23.2 Å². The maximum atomic E-state index is 11.7. The molecule has 0 saturated heterocycles. The van der Waals surface area contributed by atoms with E-state index in [9.17, 15) is 4.79 Å². The van der Waals surface area contributed by atoms with E-state index in [1.54, 1.807) is 12.4 Å². The molecule has 0 bridgehead atoms. The van der Waals surface area contributed by atoms with Gasteiger partial charge in [0.15, 0.2) is 0 Å². The second-order valence-electron chi connectivity index (χ2n) is 3.28. The van der Waals surface area contributed by atoms with Gasteiger partial charge in [-0.2, -0.15) is 5.10 Å². The molecule has 0 saturated carbocycles. The Morgan fingerprint density at radius 2 is 2.06 bits per heavy atom.